The molecule has 48 heavy (non-hydrogen) atoms. The van der Waals surface area contributed by atoms with Gasteiger partial charge in [0.1, 0.15) is 5.52 Å². The average Bonchev–Trinajstić information content (AvgIpc) is 3.79. The molecule has 3 nitrogen and oxygen atoms in total. The van der Waals surface area contributed by atoms with Gasteiger partial charge in [0.05, 0.1) is 5.69 Å². The highest BCUT2D eigenvalue weighted by Gasteiger charge is 2.35. The normalized spacial score (nSPS) is 13.4. The van der Waals surface area contributed by atoms with Crippen LogP contribution in [-0.2, 0) is 5.41 Å². The molecule has 0 spiro atoms. The van der Waals surface area contributed by atoms with Crippen molar-refractivity contribution >= 4 is 70.4 Å². The molecule has 1 aliphatic carbocycles. The molecular weight excluding hydrogens is 605 g/mol. The fraction of sp³-hybridized carbons (Fsp3) is 0.0682. The number of aromatic nitrogens is 1. The molecule has 0 amide bonds. The van der Waals surface area contributed by atoms with Crippen LogP contribution in [-0.4, -0.2) is 4.98 Å². The summed E-state index contributed by atoms with van der Waals surface area (Å²) in [6.07, 6.45) is 0. The molecule has 0 radical (unpaired) electrons. The second-order valence-corrected chi connectivity index (χ2v) is 14.3. The van der Waals surface area contributed by atoms with Gasteiger partial charge >= 0.3 is 0 Å². The van der Waals surface area contributed by atoms with Gasteiger partial charge in [-0.2, -0.15) is 0 Å². The van der Waals surface area contributed by atoms with Crippen molar-refractivity contribution in [1.29, 1.82) is 0 Å². The Morgan fingerprint density at radius 3 is 2.10 bits per heavy atom. The number of oxazole rings is 1. The van der Waals surface area contributed by atoms with Crippen LogP contribution in [0.4, 0.5) is 17.1 Å². The zero-order chi connectivity index (χ0) is 32.0. The lowest BCUT2D eigenvalue weighted by Gasteiger charge is -2.28. The Balaban J connectivity index is 1.25. The second-order valence-electron chi connectivity index (χ2n) is 13.2. The van der Waals surface area contributed by atoms with Crippen LogP contribution in [0.5, 0.6) is 0 Å². The smallest absolute Gasteiger partial charge is 0.227 e. The van der Waals surface area contributed by atoms with E-state index in [0.717, 1.165) is 44.5 Å². The van der Waals surface area contributed by atoms with Crippen LogP contribution in [0.25, 0.3) is 64.6 Å². The van der Waals surface area contributed by atoms with Gasteiger partial charge in [0.2, 0.25) is 5.89 Å². The molecule has 0 saturated carbocycles. The third kappa shape index (κ3) is 3.96. The number of anilines is 3. The SMILES string of the molecule is CC1(C)c2ccccc2-c2cc(N(c3ccc4c(c3)sc3ccccc34)c3cc4nc(-c5ccccc5)oc4c4ccccc34)ccc21. The van der Waals surface area contributed by atoms with Crippen molar-refractivity contribution < 1.29 is 4.42 Å². The van der Waals surface area contributed by atoms with Crippen LogP contribution in [0.15, 0.2) is 150 Å². The number of thiophene rings is 1. The van der Waals surface area contributed by atoms with Crippen molar-refractivity contribution in [3.8, 4) is 22.6 Å². The van der Waals surface area contributed by atoms with Gasteiger partial charge in [-0.15, -0.1) is 11.3 Å². The summed E-state index contributed by atoms with van der Waals surface area (Å²) in [5.74, 6) is 0.627. The van der Waals surface area contributed by atoms with Gasteiger partial charge in [0, 0.05) is 53.3 Å². The first-order chi connectivity index (χ1) is 23.5. The lowest BCUT2D eigenvalue weighted by molar-refractivity contribution is 0.623. The summed E-state index contributed by atoms with van der Waals surface area (Å²) in [6.45, 7) is 4.67. The average molecular weight is 635 g/mol. The molecule has 2 heterocycles. The van der Waals surface area contributed by atoms with Crippen LogP contribution < -0.4 is 4.90 Å². The van der Waals surface area contributed by atoms with Gasteiger partial charge < -0.3 is 9.32 Å². The first-order valence-electron chi connectivity index (χ1n) is 16.4. The van der Waals surface area contributed by atoms with Crippen LogP contribution in [0.1, 0.15) is 25.0 Å². The molecule has 0 fully saturated rings. The van der Waals surface area contributed by atoms with E-state index in [-0.39, 0.29) is 5.41 Å². The van der Waals surface area contributed by atoms with E-state index >= 15 is 0 Å². The highest BCUT2D eigenvalue weighted by molar-refractivity contribution is 7.25. The largest absolute Gasteiger partial charge is 0.435 e. The van der Waals surface area contributed by atoms with Gasteiger partial charge in [0.25, 0.3) is 0 Å². The molecule has 10 rings (SSSR count). The molecule has 1 aliphatic rings. The fourth-order valence-electron chi connectivity index (χ4n) is 7.75. The molecule has 2 aromatic heterocycles. The molecule has 0 bridgehead atoms. The van der Waals surface area contributed by atoms with Gasteiger partial charge in [0.15, 0.2) is 5.58 Å². The zero-order valence-electron chi connectivity index (χ0n) is 26.6. The summed E-state index contributed by atoms with van der Waals surface area (Å²) in [6, 6.07) is 52.3. The predicted octanol–water partition coefficient (Wildman–Crippen LogP) is 12.8. The Labute approximate surface area is 282 Å². The van der Waals surface area contributed by atoms with E-state index in [0.29, 0.717) is 5.89 Å². The summed E-state index contributed by atoms with van der Waals surface area (Å²) < 4.78 is 9.07. The van der Waals surface area contributed by atoms with E-state index in [2.05, 4.69) is 134 Å². The van der Waals surface area contributed by atoms with Gasteiger partial charge in [-0.25, -0.2) is 4.98 Å². The quantitative estimate of drug-likeness (QED) is 0.193. The summed E-state index contributed by atoms with van der Waals surface area (Å²) in [5.41, 5.74) is 11.2. The Morgan fingerprint density at radius 1 is 0.562 bits per heavy atom. The van der Waals surface area contributed by atoms with E-state index < -0.39 is 0 Å². The first-order valence-corrected chi connectivity index (χ1v) is 17.2. The Bertz CT molecular complexity index is 2720. The van der Waals surface area contributed by atoms with Crippen molar-refractivity contribution in [2.75, 3.05) is 4.90 Å². The number of hydrogen-bond acceptors (Lipinski definition) is 4. The summed E-state index contributed by atoms with van der Waals surface area (Å²) in [4.78, 5) is 7.47. The van der Waals surface area contributed by atoms with Crippen molar-refractivity contribution in [3.63, 3.8) is 0 Å². The Kier molecular flexibility index (Phi) is 5.79. The number of benzene rings is 7. The lowest BCUT2D eigenvalue weighted by atomic mass is 9.82. The highest BCUT2D eigenvalue weighted by Crippen LogP contribution is 2.51. The van der Waals surface area contributed by atoms with Gasteiger partial charge in [-0.3, -0.25) is 0 Å². The topological polar surface area (TPSA) is 29.3 Å². The van der Waals surface area contributed by atoms with E-state index in [9.17, 15) is 0 Å². The molecular formula is C44H30N2OS. The molecule has 0 unspecified atom stereocenters. The monoisotopic (exact) mass is 634 g/mol. The van der Waals surface area contributed by atoms with Crippen LogP contribution >= 0.6 is 11.3 Å². The van der Waals surface area contributed by atoms with Crippen LogP contribution in [0.2, 0.25) is 0 Å². The molecule has 0 atom stereocenters. The van der Waals surface area contributed by atoms with Crippen LogP contribution in [0, 0.1) is 0 Å². The highest BCUT2D eigenvalue weighted by atomic mass is 32.1. The first kappa shape index (κ1) is 27.4. The fourth-order valence-corrected chi connectivity index (χ4v) is 8.89. The number of fused-ring (bicyclic) bond motifs is 9. The minimum absolute atomic E-state index is 0.0641. The lowest BCUT2D eigenvalue weighted by Crippen LogP contribution is -2.15. The zero-order valence-corrected chi connectivity index (χ0v) is 27.4. The van der Waals surface area contributed by atoms with Crippen molar-refractivity contribution in [2.24, 2.45) is 0 Å². The minimum atomic E-state index is -0.0641. The summed E-state index contributed by atoms with van der Waals surface area (Å²) in [7, 11) is 0. The number of hydrogen-bond donors (Lipinski definition) is 0. The predicted molar refractivity (Wildman–Crippen MR) is 202 cm³/mol. The maximum absolute atomic E-state index is 6.50. The molecule has 4 heteroatoms. The van der Waals surface area contributed by atoms with Crippen molar-refractivity contribution in [2.45, 2.75) is 19.3 Å². The third-order valence-electron chi connectivity index (χ3n) is 10.1. The van der Waals surface area contributed by atoms with Crippen molar-refractivity contribution in [3.05, 3.63) is 157 Å². The molecule has 0 aliphatic heterocycles. The molecule has 7 aromatic carbocycles. The molecule has 0 saturated heterocycles. The van der Waals surface area contributed by atoms with Gasteiger partial charge in [-0.1, -0.05) is 111 Å². The number of nitrogens with zero attached hydrogens (tertiary/aromatic N) is 2. The standard InChI is InChI=1S/C44H30N2OS/c1-44(2)36-18-10-8-14-30(36)35-24-28(21-23-37(35)44)46(29-20-22-33-32-16-9-11-19-40(32)48-41(33)25-29)39-26-38-42(34-17-7-6-15-31(34)39)47-43(45-38)27-12-4-3-5-13-27/h3-26H,1-2H3. The Hall–Kier alpha value is -5.71. The number of rotatable bonds is 4. The van der Waals surface area contributed by atoms with Gasteiger partial charge in [-0.05, 0) is 70.8 Å². The van der Waals surface area contributed by atoms with E-state index in [1.807, 2.05) is 41.7 Å². The molecule has 9 aromatic rings. The maximum Gasteiger partial charge on any atom is 0.227 e. The molecule has 228 valence electrons. The van der Waals surface area contributed by atoms with E-state index in [1.165, 1.54) is 42.4 Å². The third-order valence-corrected chi connectivity index (χ3v) is 11.2. The summed E-state index contributed by atoms with van der Waals surface area (Å²) >= 11 is 1.85. The Morgan fingerprint density at radius 2 is 1.23 bits per heavy atom. The molecule has 0 N–H and O–H groups in total. The summed E-state index contributed by atoms with van der Waals surface area (Å²) in [5, 5.41) is 4.74. The van der Waals surface area contributed by atoms with Crippen molar-refractivity contribution in [1.82, 2.24) is 4.98 Å². The van der Waals surface area contributed by atoms with E-state index in [4.69, 9.17) is 9.40 Å². The maximum atomic E-state index is 6.50. The van der Waals surface area contributed by atoms with Crippen LogP contribution in [0.3, 0.4) is 0 Å². The second kappa shape index (κ2) is 10.1. The minimum Gasteiger partial charge on any atom is -0.435 e. The van der Waals surface area contributed by atoms with E-state index in [1.54, 1.807) is 0 Å².